The number of benzene rings is 1. The van der Waals surface area contributed by atoms with Gasteiger partial charge in [-0.2, -0.15) is 0 Å². The zero-order chi connectivity index (χ0) is 14.5. The Morgan fingerprint density at radius 3 is 2.50 bits per heavy atom. The van der Waals surface area contributed by atoms with Gasteiger partial charge in [-0.1, -0.05) is 0 Å². The predicted octanol–water partition coefficient (Wildman–Crippen LogP) is 0.926. The van der Waals surface area contributed by atoms with Gasteiger partial charge in [-0.3, -0.25) is 4.79 Å². The Labute approximate surface area is 115 Å². The molecule has 104 valence electrons. The third-order valence-electron chi connectivity index (χ3n) is 2.84. The maximum absolute atomic E-state index is 11.9. The molecule has 0 unspecified atom stereocenters. The van der Waals surface area contributed by atoms with E-state index in [-0.39, 0.29) is 18.0 Å². The molecule has 2 N–H and O–H groups in total. The SMILES string of the molecule is CCn1cnnc1CNC(=O)c1ccc(C(=O)O)cc1. The van der Waals surface area contributed by atoms with Gasteiger partial charge in [0.25, 0.3) is 5.91 Å². The van der Waals surface area contributed by atoms with E-state index in [1.807, 2.05) is 11.5 Å². The molecule has 1 aromatic carbocycles. The quantitative estimate of drug-likeness (QED) is 0.845. The van der Waals surface area contributed by atoms with Crippen molar-refractivity contribution < 1.29 is 14.7 Å². The number of nitrogens with one attached hydrogen (secondary N) is 1. The number of amides is 1. The van der Waals surface area contributed by atoms with E-state index >= 15 is 0 Å². The molecule has 0 spiro atoms. The molecular formula is C13H14N4O3. The average molecular weight is 274 g/mol. The third-order valence-corrected chi connectivity index (χ3v) is 2.84. The minimum absolute atomic E-state index is 0.146. The standard InChI is InChI=1S/C13H14N4O3/c1-2-17-8-15-16-11(17)7-14-12(18)9-3-5-10(6-4-9)13(19)20/h3-6,8H,2,7H2,1H3,(H,14,18)(H,19,20). The normalized spacial score (nSPS) is 10.2. The molecule has 0 saturated carbocycles. The summed E-state index contributed by atoms with van der Waals surface area (Å²) in [5, 5.41) is 19.2. The molecule has 1 amide bonds. The first kappa shape index (κ1) is 13.7. The second-order valence-corrected chi connectivity index (χ2v) is 4.10. The van der Waals surface area contributed by atoms with E-state index in [9.17, 15) is 9.59 Å². The van der Waals surface area contributed by atoms with Gasteiger partial charge in [0.2, 0.25) is 0 Å². The lowest BCUT2D eigenvalue weighted by molar-refractivity contribution is 0.0696. The number of hydrogen-bond acceptors (Lipinski definition) is 4. The predicted molar refractivity (Wildman–Crippen MR) is 70.3 cm³/mol. The molecule has 2 aromatic rings. The van der Waals surface area contributed by atoms with Crippen molar-refractivity contribution in [2.75, 3.05) is 0 Å². The fourth-order valence-electron chi connectivity index (χ4n) is 1.71. The highest BCUT2D eigenvalue weighted by molar-refractivity contribution is 5.95. The molecule has 1 aromatic heterocycles. The molecule has 20 heavy (non-hydrogen) atoms. The molecule has 0 aliphatic rings. The van der Waals surface area contributed by atoms with Gasteiger partial charge in [0.15, 0.2) is 5.82 Å². The summed E-state index contributed by atoms with van der Waals surface area (Å²) in [7, 11) is 0. The van der Waals surface area contributed by atoms with E-state index in [1.165, 1.54) is 24.3 Å². The Bertz CT molecular complexity index is 619. The molecule has 7 nitrogen and oxygen atoms in total. The maximum atomic E-state index is 11.9. The summed E-state index contributed by atoms with van der Waals surface area (Å²) in [5.41, 5.74) is 0.546. The number of aromatic carboxylic acids is 1. The largest absolute Gasteiger partial charge is 0.478 e. The Balaban J connectivity index is 2.00. The van der Waals surface area contributed by atoms with Crippen LogP contribution in [-0.4, -0.2) is 31.7 Å². The van der Waals surface area contributed by atoms with Crippen molar-refractivity contribution in [2.45, 2.75) is 20.0 Å². The minimum atomic E-state index is -1.02. The first-order valence-corrected chi connectivity index (χ1v) is 6.10. The van der Waals surface area contributed by atoms with Gasteiger partial charge in [0, 0.05) is 12.1 Å². The van der Waals surface area contributed by atoms with Crippen molar-refractivity contribution in [1.29, 1.82) is 0 Å². The molecule has 0 bridgehead atoms. The van der Waals surface area contributed by atoms with Gasteiger partial charge in [-0.25, -0.2) is 4.79 Å². The summed E-state index contributed by atoms with van der Waals surface area (Å²) >= 11 is 0. The molecule has 7 heteroatoms. The molecular weight excluding hydrogens is 260 g/mol. The first-order chi connectivity index (χ1) is 9.61. The summed E-state index contributed by atoms with van der Waals surface area (Å²) in [6.45, 7) is 2.96. The van der Waals surface area contributed by atoms with Crippen molar-refractivity contribution >= 4 is 11.9 Å². The second-order valence-electron chi connectivity index (χ2n) is 4.10. The van der Waals surface area contributed by atoms with Crippen LogP contribution in [0, 0.1) is 0 Å². The van der Waals surface area contributed by atoms with Gasteiger partial charge in [-0.05, 0) is 31.2 Å². The lowest BCUT2D eigenvalue weighted by Crippen LogP contribution is -2.24. The van der Waals surface area contributed by atoms with E-state index < -0.39 is 5.97 Å². The van der Waals surface area contributed by atoms with Crippen LogP contribution in [0.5, 0.6) is 0 Å². The summed E-state index contributed by atoms with van der Waals surface area (Å²) in [6.07, 6.45) is 1.60. The van der Waals surface area contributed by atoms with Crippen LogP contribution in [0.3, 0.4) is 0 Å². The van der Waals surface area contributed by atoms with Gasteiger partial charge >= 0.3 is 5.97 Å². The number of rotatable bonds is 5. The van der Waals surface area contributed by atoms with Crippen LogP contribution < -0.4 is 5.32 Å². The molecule has 1 heterocycles. The van der Waals surface area contributed by atoms with Gasteiger partial charge in [0.05, 0.1) is 12.1 Å². The van der Waals surface area contributed by atoms with E-state index in [1.54, 1.807) is 6.33 Å². The Morgan fingerprint density at radius 2 is 1.90 bits per heavy atom. The van der Waals surface area contributed by atoms with Gasteiger partial charge < -0.3 is 15.0 Å². The topological polar surface area (TPSA) is 97.1 Å². The number of carbonyl (C=O) groups is 2. The Morgan fingerprint density at radius 1 is 1.25 bits per heavy atom. The summed E-state index contributed by atoms with van der Waals surface area (Å²) < 4.78 is 1.83. The van der Waals surface area contributed by atoms with Crippen LogP contribution in [-0.2, 0) is 13.1 Å². The maximum Gasteiger partial charge on any atom is 0.335 e. The molecule has 0 atom stereocenters. The number of carbonyl (C=O) groups excluding carboxylic acids is 1. The van der Waals surface area contributed by atoms with Crippen LogP contribution in [0.2, 0.25) is 0 Å². The highest BCUT2D eigenvalue weighted by Crippen LogP contribution is 2.05. The van der Waals surface area contributed by atoms with Gasteiger partial charge in [0.1, 0.15) is 6.33 Å². The molecule has 0 saturated heterocycles. The van der Waals surface area contributed by atoms with E-state index in [0.29, 0.717) is 11.4 Å². The molecule has 0 aliphatic heterocycles. The monoisotopic (exact) mass is 274 g/mol. The Hall–Kier alpha value is -2.70. The lowest BCUT2D eigenvalue weighted by Gasteiger charge is -2.06. The fourth-order valence-corrected chi connectivity index (χ4v) is 1.71. The number of aromatic nitrogens is 3. The van der Waals surface area contributed by atoms with Crippen LogP contribution in [0.25, 0.3) is 0 Å². The molecule has 0 aliphatic carbocycles. The second kappa shape index (κ2) is 5.96. The zero-order valence-corrected chi connectivity index (χ0v) is 10.9. The van der Waals surface area contributed by atoms with Crippen LogP contribution in [0.4, 0.5) is 0 Å². The van der Waals surface area contributed by atoms with Crippen molar-refractivity contribution in [3.8, 4) is 0 Å². The van der Waals surface area contributed by atoms with Crippen LogP contribution >= 0.6 is 0 Å². The van der Waals surface area contributed by atoms with E-state index in [4.69, 9.17) is 5.11 Å². The zero-order valence-electron chi connectivity index (χ0n) is 10.9. The lowest BCUT2D eigenvalue weighted by atomic mass is 10.1. The number of nitrogens with zero attached hydrogens (tertiary/aromatic N) is 3. The highest BCUT2D eigenvalue weighted by atomic mass is 16.4. The minimum Gasteiger partial charge on any atom is -0.478 e. The Kier molecular flexibility index (Phi) is 4.09. The van der Waals surface area contributed by atoms with Crippen LogP contribution in [0.15, 0.2) is 30.6 Å². The summed E-state index contributed by atoms with van der Waals surface area (Å²) in [6, 6.07) is 5.74. The smallest absolute Gasteiger partial charge is 0.335 e. The van der Waals surface area contributed by atoms with E-state index in [0.717, 1.165) is 6.54 Å². The van der Waals surface area contributed by atoms with Crippen molar-refractivity contribution in [3.05, 3.63) is 47.5 Å². The van der Waals surface area contributed by atoms with Crippen LogP contribution in [0.1, 0.15) is 33.5 Å². The number of carboxylic acids is 1. The highest BCUT2D eigenvalue weighted by Gasteiger charge is 2.09. The summed E-state index contributed by atoms with van der Waals surface area (Å²) in [5.74, 6) is -0.636. The van der Waals surface area contributed by atoms with Crippen molar-refractivity contribution in [2.24, 2.45) is 0 Å². The molecule has 0 fully saturated rings. The summed E-state index contributed by atoms with van der Waals surface area (Å²) in [4.78, 5) is 22.6. The van der Waals surface area contributed by atoms with E-state index in [2.05, 4.69) is 15.5 Å². The number of hydrogen-bond donors (Lipinski definition) is 2. The third kappa shape index (κ3) is 3.00. The average Bonchev–Trinajstić information content (AvgIpc) is 2.92. The number of carboxylic acid groups (broad SMARTS) is 1. The first-order valence-electron chi connectivity index (χ1n) is 6.10. The number of aryl methyl sites for hydroxylation is 1. The van der Waals surface area contributed by atoms with Crippen molar-refractivity contribution in [3.63, 3.8) is 0 Å². The van der Waals surface area contributed by atoms with Crippen molar-refractivity contribution in [1.82, 2.24) is 20.1 Å². The molecule has 2 rings (SSSR count). The van der Waals surface area contributed by atoms with Gasteiger partial charge in [-0.15, -0.1) is 10.2 Å². The molecule has 0 radical (unpaired) electrons. The fraction of sp³-hybridized carbons (Fsp3) is 0.231.